The number of benzene rings is 4. The third-order valence-electron chi connectivity index (χ3n) is 7.33. The second kappa shape index (κ2) is 12.6. The summed E-state index contributed by atoms with van der Waals surface area (Å²) in [6.07, 6.45) is 0. The lowest BCUT2D eigenvalue weighted by atomic mass is 9.98. The van der Waals surface area contributed by atoms with E-state index < -0.39 is 9.84 Å². The van der Waals surface area contributed by atoms with E-state index in [2.05, 4.69) is 15.5 Å². The third-order valence-corrected chi connectivity index (χ3v) is 8.94. The lowest BCUT2D eigenvalue weighted by Gasteiger charge is -2.26. The highest BCUT2D eigenvalue weighted by Gasteiger charge is 2.21. The fraction of sp³-hybridized carbons (Fsp3) is 0.212. The quantitative estimate of drug-likeness (QED) is 0.288. The van der Waals surface area contributed by atoms with E-state index in [0.717, 1.165) is 22.3 Å². The fourth-order valence-corrected chi connectivity index (χ4v) is 6.26. The molecule has 0 bridgehead atoms. The van der Waals surface area contributed by atoms with Crippen molar-refractivity contribution in [2.75, 3.05) is 42.3 Å². The Morgan fingerprint density at radius 1 is 0.810 bits per heavy atom. The molecule has 1 saturated heterocycles. The van der Waals surface area contributed by atoms with Gasteiger partial charge in [0.25, 0.3) is 11.8 Å². The molecule has 0 aromatic heterocycles. The molecule has 1 fully saturated rings. The summed E-state index contributed by atoms with van der Waals surface area (Å²) in [6.45, 7) is 3.72. The number of hydrogen-bond acceptors (Lipinski definition) is 6. The van der Waals surface area contributed by atoms with E-state index in [1.165, 1.54) is 7.11 Å². The van der Waals surface area contributed by atoms with Crippen LogP contribution in [0.25, 0.3) is 11.1 Å². The Labute approximate surface area is 246 Å². The van der Waals surface area contributed by atoms with Gasteiger partial charge in [0.15, 0.2) is 9.84 Å². The SMILES string of the molecule is COc1ccccc1C(=O)Nc1ccc(-c2cccc(C(=O)Nc3ccc(CN4CCS(=O)(=O)CC4)cc3)c2)c(C)c1. The average Bonchev–Trinajstić information content (AvgIpc) is 2.99. The van der Waals surface area contributed by atoms with Gasteiger partial charge in [-0.05, 0) is 77.7 Å². The van der Waals surface area contributed by atoms with Crippen LogP contribution in [0.5, 0.6) is 5.75 Å². The van der Waals surface area contributed by atoms with Gasteiger partial charge in [0.05, 0.1) is 24.2 Å². The van der Waals surface area contributed by atoms with E-state index in [1.807, 2.05) is 73.7 Å². The van der Waals surface area contributed by atoms with Crippen LogP contribution in [0.15, 0.2) is 91.0 Å². The minimum atomic E-state index is -2.90. The molecule has 1 aliphatic rings. The van der Waals surface area contributed by atoms with Crippen molar-refractivity contribution in [3.8, 4) is 16.9 Å². The highest BCUT2D eigenvalue weighted by atomic mass is 32.2. The number of sulfone groups is 1. The van der Waals surface area contributed by atoms with Gasteiger partial charge in [-0.15, -0.1) is 0 Å². The zero-order chi connectivity index (χ0) is 29.7. The average molecular weight is 584 g/mol. The Balaban J connectivity index is 1.23. The van der Waals surface area contributed by atoms with E-state index >= 15 is 0 Å². The highest BCUT2D eigenvalue weighted by molar-refractivity contribution is 7.91. The first-order valence-electron chi connectivity index (χ1n) is 13.7. The molecule has 1 heterocycles. The van der Waals surface area contributed by atoms with E-state index in [0.29, 0.717) is 47.9 Å². The number of nitrogens with zero attached hydrogens (tertiary/aromatic N) is 1. The molecule has 0 aliphatic carbocycles. The fourth-order valence-electron chi connectivity index (χ4n) is 4.99. The van der Waals surface area contributed by atoms with Gasteiger partial charge in [-0.25, -0.2) is 8.42 Å². The molecular weight excluding hydrogens is 550 g/mol. The van der Waals surface area contributed by atoms with Gasteiger partial charge in [-0.3, -0.25) is 14.5 Å². The number of nitrogens with one attached hydrogen (secondary N) is 2. The van der Waals surface area contributed by atoms with Crippen molar-refractivity contribution in [2.45, 2.75) is 13.5 Å². The Kier molecular flexibility index (Phi) is 8.70. The summed E-state index contributed by atoms with van der Waals surface area (Å²) in [7, 11) is -1.37. The molecule has 2 N–H and O–H groups in total. The summed E-state index contributed by atoms with van der Waals surface area (Å²) in [5.41, 5.74) is 6.18. The number of carbonyl (C=O) groups excluding carboxylic acids is 2. The zero-order valence-electron chi connectivity index (χ0n) is 23.6. The first kappa shape index (κ1) is 29.0. The summed E-state index contributed by atoms with van der Waals surface area (Å²) in [4.78, 5) is 28.0. The topological polar surface area (TPSA) is 105 Å². The van der Waals surface area contributed by atoms with Crippen LogP contribution in [-0.4, -0.2) is 56.8 Å². The van der Waals surface area contributed by atoms with Crippen LogP contribution in [0.4, 0.5) is 11.4 Å². The van der Waals surface area contributed by atoms with Crippen molar-refractivity contribution in [2.24, 2.45) is 0 Å². The normalized spacial score (nSPS) is 14.6. The standard InChI is InChI=1S/C33H33N3O5S/c1-23-20-28(35-33(38)30-8-3-4-9-31(30)41-2)14-15-29(23)25-6-5-7-26(21-25)32(37)34-27-12-10-24(11-13-27)22-36-16-18-42(39,40)19-17-36/h3-15,20-21H,16-19,22H2,1-2H3,(H,34,37)(H,35,38). The molecule has 0 saturated carbocycles. The van der Waals surface area contributed by atoms with Gasteiger partial charge in [-0.2, -0.15) is 0 Å². The Morgan fingerprint density at radius 3 is 2.21 bits per heavy atom. The molecule has 0 atom stereocenters. The number of methoxy groups -OCH3 is 1. The molecule has 4 aromatic carbocycles. The van der Waals surface area contributed by atoms with Crippen LogP contribution in [0, 0.1) is 6.92 Å². The number of aryl methyl sites for hydroxylation is 1. The number of carbonyl (C=O) groups is 2. The van der Waals surface area contributed by atoms with Gasteiger partial charge >= 0.3 is 0 Å². The molecular formula is C33H33N3O5S. The molecule has 42 heavy (non-hydrogen) atoms. The maximum Gasteiger partial charge on any atom is 0.259 e. The van der Waals surface area contributed by atoms with Gasteiger partial charge in [0, 0.05) is 36.6 Å². The van der Waals surface area contributed by atoms with Crippen LogP contribution in [0.1, 0.15) is 31.8 Å². The molecule has 216 valence electrons. The van der Waals surface area contributed by atoms with Crippen molar-refractivity contribution >= 4 is 33.0 Å². The molecule has 9 heteroatoms. The van der Waals surface area contributed by atoms with E-state index in [1.54, 1.807) is 24.3 Å². The lowest BCUT2D eigenvalue weighted by molar-refractivity contribution is 0.101. The van der Waals surface area contributed by atoms with Gasteiger partial charge < -0.3 is 15.4 Å². The molecule has 2 amide bonds. The lowest BCUT2D eigenvalue weighted by Crippen LogP contribution is -2.39. The number of amides is 2. The number of hydrogen-bond donors (Lipinski definition) is 2. The van der Waals surface area contributed by atoms with Crippen molar-refractivity contribution in [1.29, 1.82) is 0 Å². The molecule has 0 unspecified atom stereocenters. The van der Waals surface area contributed by atoms with Crippen molar-refractivity contribution in [3.05, 3.63) is 113 Å². The monoisotopic (exact) mass is 583 g/mol. The summed E-state index contributed by atoms with van der Waals surface area (Å²) < 4.78 is 28.6. The largest absolute Gasteiger partial charge is 0.496 e. The predicted octanol–water partition coefficient (Wildman–Crippen LogP) is 5.41. The number of para-hydroxylation sites is 1. The number of ether oxygens (including phenoxy) is 1. The molecule has 0 spiro atoms. The van der Waals surface area contributed by atoms with Crippen LogP contribution < -0.4 is 15.4 Å². The van der Waals surface area contributed by atoms with Crippen molar-refractivity contribution in [3.63, 3.8) is 0 Å². The number of rotatable bonds is 8. The van der Waals surface area contributed by atoms with Crippen LogP contribution in [0.2, 0.25) is 0 Å². The Morgan fingerprint density at radius 2 is 1.50 bits per heavy atom. The summed E-state index contributed by atoms with van der Waals surface area (Å²) in [6, 6.07) is 27.8. The Bertz CT molecular complexity index is 1700. The van der Waals surface area contributed by atoms with Crippen LogP contribution in [0.3, 0.4) is 0 Å². The smallest absolute Gasteiger partial charge is 0.259 e. The molecule has 8 nitrogen and oxygen atoms in total. The minimum absolute atomic E-state index is 0.199. The molecule has 1 aliphatic heterocycles. The minimum Gasteiger partial charge on any atom is -0.496 e. The van der Waals surface area contributed by atoms with Crippen LogP contribution >= 0.6 is 0 Å². The van der Waals surface area contributed by atoms with Gasteiger partial charge in [-0.1, -0.05) is 42.5 Å². The van der Waals surface area contributed by atoms with Gasteiger partial charge in [0.2, 0.25) is 0 Å². The van der Waals surface area contributed by atoms with Crippen molar-refractivity contribution < 1.29 is 22.7 Å². The van der Waals surface area contributed by atoms with E-state index in [4.69, 9.17) is 4.74 Å². The van der Waals surface area contributed by atoms with Crippen LogP contribution in [-0.2, 0) is 16.4 Å². The maximum absolute atomic E-state index is 13.1. The number of anilines is 2. The highest BCUT2D eigenvalue weighted by Crippen LogP contribution is 2.28. The summed E-state index contributed by atoms with van der Waals surface area (Å²) in [5.74, 6) is 0.429. The van der Waals surface area contributed by atoms with E-state index in [-0.39, 0.29) is 23.3 Å². The maximum atomic E-state index is 13.1. The second-order valence-corrected chi connectivity index (χ2v) is 12.6. The summed E-state index contributed by atoms with van der Waals surface area (Å²) >= 11 is 0. The summed E-state index contributed by atoms with van der Waals surface area (Å²) in [5, 5.41) is 5.89. The predicted molar refractivity (Wildman–Crippen MR) is 166 cm³/mol. The zero-order valence-corrected chi connectivity index (χ0v) is 24.4. The molecule has 5 rings (SSSR count). The first-order valence-corrected chi connectivity index (χ1v) is 15.5. The van der Waals surface area contributed by atoms with Crippen molar-refractivity contribution in [1.82, 2.24) is 4.90 Å². The molecule has 4 aromatic rings. The Hall–Kier alpha value is -4.47. The van der Waals surface area contributed by atoms with E-state index in [9.17, 15) is 18.0 Å². The van der Waals surface area contributed by atoms with Gasteiger partial charge in [0.1, 0.15) is 5.75 Å². The second-order valence-electron chi connectivity index (χ2n) is 10.3. The molecule has 0 radical (unpaired) electrons. The first-order chi connectivity index (χ1) is 20.2. The third kappa shape index (κ3) is 7.05.